The van der Waals surface area contributed by atoms with Crippen LogP contribution in [-0.4, -0.2) is 28.0 Å². The minimum absolute atomic E-state index is 0.220. The van der Waals surface area contributed by atoms with Gasteiger partial charge in [-0.1, -0.05) is 11.6 Å². The first-order valence-corrected chi connectivity index (χ1v) is 8.30. The van der Waals surface area contributed by atoms with Gasteiger partial charge in [0.05, 0.1) is 0 Å². The normalized spacial score (nSPS) is 11.8. The van der Waals surface area contributed by atoms with E-state index in [9.17, 15) is 12.8 Å². The number of anilines is 1. The Morgan fingerprint density at radius 3 is 2.70 bits per heavy atom. The number of aromatic nitrogens is 4. The van der Waals surface area contributed by atoms with Gasteiger partial charge in [-0.25, -0.2) is 9.50 Å². The second kappa shape index (κ2) is 5.43. The maximum atomic E-state index is 13.6. The number of hydrogen-bond donors (Lipinski definition) is 1. The third-order valence-electron chi connectivity index (χ3n) is 2.98. The van der Waals surface area contributed by atoms with Gasteiger partial charge in [-0.15, -0.1) is 5.10 Å². The van der Waals surface area contributed by atoms with E-state index in [1.165, 1.54) is 16.8 Å². The van der Waals surface area contributed by atoms with E-state index in [0.29, 0.717) is 5.56 Å². The molecule has 3 aromatic heterocycles. The van der Waals surface area contributed by atoms with Crippen LogP contribution in [0.2, 0.25) is 5.15 Å². The molecule has 0 aliphatic carbocycles. The van der Waals surface area contributed by atoms with Gasteiger partial charge in [0.2, 0.25) is 5.95 Å². The van der Waals surface area contributed by atoms with E-state index in [0.717, 1.165) is 5.56 Å². The zero-order valence-corrected chi connectivity index (χ0v) is 13.7. The van der Waals surface area contributed by atoms with Gasteiger partial charge in [-0.05, 0) is 43.2 Å². The van der Waals surface area contributed by atoms with Crippen molar-refractivity contribution in [3.8, 4) is 0 Å². The Balaban J connectivity index is 2.06. The van der Waals surface area contributed by atoms with E-state index >= 15 is 0 Å². The number of hydrogen-bond acceptors (Lipinski definition) is 5. The molecule has 0 aromatic carbocycles. The summed E-state index contributed by atoms with van der Waals surface area (Å²) in [6.07, 6.45) is 1.29. The SMILES string of the molecule is Cc1cnc(F)c(NS(=O)(=O)c2nc3cc(C)cc(Cl)n3n2)c1. The molecule has 3 aromatic rings. The van der Waals surface area contributed by atoms with Gasteiger partial charge < -0.3 is 0 Å². The zero-order chi connectivity index (χ0) is 16.8. The maximum absolute atomic E-state index is 13.6. The van der Waals surface area contributed by atoms with Crippen LogP contribution in [0, 0.1) is 19.8 Å². The summed E-state index contributed by atoms with van der Waals surface area (Å²) in [6, 6.07) is 4.58. The predicted octanol–water partition coefficient (Wildman–Crippen LogP) is 2.33. The molecular formula is C13H11ClFN5O2S. The van der Waals surface area contributed by atoms with Crippen LogP contribution in [0.4, 0.5) is 10.1 Å². The van der Waals surface area contributed by atoms with E-state index in [1.807, 2.05) is 0 Å². The molecule has 0 radical (unpaired) electrons. The van der Waals surface area contributed by atoms with E-state index in [-0.39, 0.29) is 16.5 Å². The molecule has 0 bridgehead atoms. The van der Waals surface area contributed by atoms with Crippen molar-refractivity contribution in [3.63, 3.8) is 0 Å². The van der Waals surface area contributed by atoms with Crippen molar-refractivity contribution in [1.82, 2.24) is 19.6 Å². The highest BCUT2D eigenvalue weighted by Crippen LogP contribution is 2.20. The van der Waals surface area contributed by atoms with Gasteiger partial charge in [0.15, 0.2) is 5.65 Å². The molecule has 0 fully saturated rings. The standard InChI is InChI=1S/C13H11ClFN5O2S/c1-7-4-10(14)20-11(5-7)17-13(18-20)23(21,22)19-9-3-8(2)6-16-12(9)15/h3-6,19H,1-2H3. The molecule has 1 N–H and O–H groups in total. The fourth-order valence-corrected chi connectivity index (χ4v) is 3.20. The number of sulfonamides is 1. The molecule has 3 heterocycles. The van der Waals surface area contributed by atoms with Crippen LogP contribution in [0.15, 0.2) is 29.6 Å². The second-order valence-corrected chi connectivity index (χ2v) is 6.94. The number of aryl methyl sites for hydroxylation is 2. The lowest BCUT2D eigenvalue weighted by Gasteiger charge is -2.06. The first-order chi connectivity index (χ1) is 10.8. The highest BCUT2D eigenvalue weighted by atomic mass is 35.5. The fourth-order valence-electron chi connectivity index (χ4n) is 1.98. The summed E-state index contributed by atoms with van der Waals surface area (Å²) in [5, 5.41) is 3.56. The molecule has 3 rings (SSSR count). The summed E-state index contributed by atoms with van der Waals surface area (Å²) in [4.78, 5) is 7.39. The van der Waals surface area contributed by atoms with Gasteiger partial charge in [0.25, 0.3) is 15.2 Å². The summed E-state index contributed by atoms with van der Waals surface area (Å²) < 4.78 is 41.6. The molecule has 120 valence electrons. The second-order valence-electron chi connectivity index (χ2n) is 4.98. The van der Waals surface area contributed by atoms with Crippen LogP contribution < -0.4 is 4.72 Å². The van der Waals surface area contributed by atoms with Crippen molar-refractivity contribution < 1.29 is 12.8 Å². The van der Waals surface area contributed by atoms with E-state index in [4.69, 9.17) is 11.6 Å². The Morgan fingerprint density at radius 2 is 1.96 bits per heavy atom. The van der Waals surface area contributed by atoms with Crippen LogP contribution in [-0.2, 0) is 10.0 Å². The van der Waals surface area contributed by atoms with Crippen LogP contribution >= 0.6 is 11.6 Å². The largest absolute Gasteiger partial charge is 0.299 e. The van der Waals surface area contributed by atoms with E-state index in [2.05, 4.69) is 19.8 Å². The highest BCUT2D eigenvalue weighted by Gasteiger charge is 2.23. The summed E-state index contributed by atoms with van der Waals surface area (Å²) >= 11 is 6.01. The molecule has 0 aliphatic rings. The first-order valence-electron chi connectivity index (χ1n) is 6.44. The number of pyridine rings is 2. The van der Waals surface area contributed by atoms with Crippen LogP contribution in [0.5, 0.6) is 0 Å². The van der Waals surface area contributed by atoms with E-state index in [1.54, 1.807) is 26.0 Å². The Bertz CT molecular complexity index is 1020. The zero-order valence-electron chi connectivity index (χ0n) is 12.1. The molecule has 23 heavy (non-hydrogen) atoms. The first kappa shape index (κ1) is 15.6. The molecule has 0 unspecified atom stereocenters. The molecule has 0 saturated carbocycles. The molecule has 10 heteroatoms. The average Bonchev–Trinajstić information content (AvgIpc) is 2.87. The Hall–Kier alpha value is -2.26. The van der Waals surface area contributed by atoms with Crippen molar-refractivity contribution in [2.75, 3.05) is 4.72 Å². The summed E-state index contributed by atoms with van der Waals surface area (Å²) in [6.45, 7) is 3.46. The van der Waals surface area contributed by atoms with Crippen LogP contribution in [0.1, 0.15) is 11.1 Å². The minimum Gasteiger partial charge on any atom is -0.272 e. The van der Waals surface area contributed by atoms with Crippen LogP contribution in [0.25, 0.3) is 5.65 Å². The van der Waals surface area contributed by atoms with Gasteiger partial charge in [-0.2, -0.15) is 17.8 Å². The molecule has 0 amide bonds. The number of nitrogens with one attached hydrogen (secondary N) is 1. The number of nitrogens with zero attached hydrogens (tertiary/aromatic N) is 4. The molecule has 0 aliphatic heterocycles. The topological polar surface area (TPSA) is 89.2 Å². The third kappa shape index (κ3) is 2.97. The highest BCUT2D eigenvalue weighted by molar-refractivity contribution is 7.92. The fraction of sp³-hybridized carbons (Fsp3) is 0.154. The third-order valence-corrected chi connectivity index (χ3v) is 4.39. The van der Waals surface area contributed by atoms with Crippen LogP contribution in [0.3, 0.4) is 0 Å². The Morgan fingerprint density at radius 1 is 1.22 bits per heavy atom. The maximum Gasteiger partial charge on any atom is 0.299 e. The van der Waals surface area contributed by atoms with Crippen molar-refractivity contribution in [2.24, 2.45) is 0 Å². The average molecular weight is 356 g/mol. The van der Waals surface area contributed by atoms with Crippen molar-refractivity contribution in [2.45, 2.75) is 19.0 Å². The number of fused-ring (bicyclic) bond motifs is 1. The quantitative estimate of drug-likeness (QED) is 0.728. The molecule has 7 nitrogen and oxygen atoms in total. The summed E-state index contributed by atoms with van der Waals surface area (Å²) in [5.41, 5.74) is 1.41. The summed E-state index contributed by atoms with van der Waals surface area (Å²) in [5.74, 6) is -0.934. The van der Waals surface area contributed by atoms with E-state index < -0.39 is 21.1 Å². The lowest BCUT2D eigenvalue weighted by Crippen LogP contribution is -2.16. The molecular weight excluding hydrogens is 345 g/mol. The van der Waals surface area contributed by atoms with Gasteiger partial charge in [-0.3, -0.25) is 4.72 Å². The van der Waals surface area contributed by atoms with Crippen molar-refractivity contribution >= 4 is 33.0 Å². The van der Waals surface area contributed by atoms with Crippen molar-refractivity contribution in [1.29, 1.82) is 0 Å². The lowest BCUT2D eigenvalue weighted by atomic mass is 10.3. The monoisotopic (exact) mass is 355 g/mol. The molecule has 0 saturated heterocycles. The minimum atomic E-state index is -4.18. The molecule has 0 spiro atoms. The van der Waals surface area contributed by atoms with Gasteiger partial charge in [0.1, 0.15) is 10.8 Å². The van der Waals surface area contributed by atoms with Crippen molar-refractivity contribution in [3.05, 3.63) is 46.6 Å². The summed E-state index contributed by atoms with van der Waals surface area (Å²) in [7, 11) is -4.18. The Kier molecular flexibility index (Phi) is 3.69. The Labute approximate surface area is 136 Å². The number of halogens is 2. The van der Waals surface area contributed by atoms with Gasteiger partial charge in [0, 0.05) is 6.20 Å². The number of rotatable bonds is 3. The smallest absolute Gasteiger partial charge is 0.272 e. The lowest BCUT2D eigenvalue weighted by molar-refractivity contribution is 0.580. The molecule has 0 atom stereocenters. The predicted molar refractivity (Wildman–Crippen MR) is 82.5 cm³/mol. The van der Waals surface area contributed by atoms with Gasteiger partial charge >= 0.3 is 0 Å².